The van der Waals surface area contributed by atoms with Crippen LogP contribution in [0.25, 0.3) is 22.2 Å². The molecule has 0 radical (unpaired) electrons. The summed E-state index contributed by atoms with van der Waals surface area (Å²) in [6, 6.07) is 9.87. The summed E-state index contributed by atoms with van der Waals surface area (Å²) in [5.74, 6) is 0.778. The first-order valence-corrected chi connectivity index (χ1v) is 8.07. The molecule has 0 saturated heterocycles. The van der Waals surface area contributed by atoms with Crippen LogP contribution >= 0.6 is 0 Å². The summed E-state index contributed by atoms with van der Waals surface area (Å²) in [5.41, 5.74) is 3.74. The minimum absolute atomic E-state index is 0.0344. The second-order valence-corrected chi connectivity index (χ2v) is 5.68. The summed E-state index contributed by atoms with van der Waals surface area (Å²) < 4.78 is 10.1. The maximum Gasteiger partial charge on any atom is 0.224 e. The predicted octanol–water partition coefficient (Wildman–Crippen LogP) is 2.54. The Morgan fingerprint density at radius 3 is 2.72 bits per heavy atom. The van der Waals surface area contributed by atoms with Gasteiger partial charge in [-0.15, -0.1) is 0 Å². The van der Waals surface area contributed by atoms with E-state index in [0.29, 0.717) is 19.6 Å². The van der Waals surface area contributed by atoms with Crippen molar-refractivity contribution in [1.82, 2.24) is 15.3 Å². The van der Waals surface area contributed by atoms with Gasteiger partial charge >= 0.3 is 0 Å². The number of carbonyl (C=O) groups excluding carboxylic acids is 1. The summed E-state index contributed by atoms with van der Waals surface area (Å²) in [5, 5.41) is 3.79. The van der Waals surface area contributed by atoms with E-state index in [4.69, 9.17) is 9.47 Å². The standard InChI is InChI=1S/C19H21N3O3/c1-24-8-7-20-18(23)10-15-12-22-19-17(15)9-14(11-21-19)13-3-5-16(25-2)6-4-13/h3-6,9,11-12H,7-8,10H2,1-2H3,(H,20,23)(H,21,22). The zero-order valence-corrected chi connectivity index (χ0v) is 14.3. The average Bonchev–Trinajstić information content (AvgIpc) is 3.04. The molecule has 0 aliphatic rings. The highest BCUT2D eigenvalue weighted by molar-refractivity contribution is 5.89. The van der Waals surface area contributed by atoms with Crippen molar-refractivity contribution in [3.63, 3.8) is 0 Å². The number of hydrogen-bond acceptors (Lipinski definition) is 4. The van der Waals surface area contributed by atoms with Crippen molar-refractivity contribution < 1.29 is 14.3 Å². The van der Waals surface area contributed by atoms with E-state index in [9.17, 15) is 4.79 Å². The summed E-state index contributed by atoms with van der Waals surface area (Å²) in [6.07, 6.45) is 3.96. The molecule has 1 aromatic carbocycles. The molecule has 0 fully saturated rings. The monoisotopic (exact) mass is 339 g/mol. The number of H-pyrrole nitrogens is 1. The van der Waals surface area contributed by atoms with Crippen molar-refractivity contribution in [2.24, 2.45) is 0 Å². The lowest BCUT2D eigenvalue weighted by Crippen LogP contribution is -2.28. The number of aromatic amines is 1. The molecule has 0 unspecified atom stereocenters. The minimum Gasteiger partial charge on any atom is -0.497 e. The van der Waals surface area contributed by atoms with E-state index in [1.54, 1.807) is 14.2 Å². The number of nitrogens with zero attached hydrogens (tertiary/aromatic N) is 1. The van der Waals surface area contributed by atoms with Gasteiger partial charge in [-0.1, -0.05) is 12.1 Å². The van der Waals surface area contributed by atoms with Gasteiger partial charge in [0.05, 0.1) is 20.1 Å². The first kappa shape index (κ1) is 17.0. The fourth-order valence-corrected chi connectivity index (χ4v) is 2.67. The van der Waals surface area contributed by atoms with Gasteiger partial charge < -0.3 is 19.8 Å². The minimum atomic E-state index is -0.0344. The quantitative estimate of drug-likeness (QED) is 0.649. The zero-order valence-electron chi connectivity index (χ0n) is 14.3. The molecule has 1 amide bonds. The normalized spacial score (nSPS) is 10.8. The van der Waals surface area contributed by atoms with Crippen LogP contribution < -0.4 is 10.1 Å². The van der Waals surface area contributed by atoms with Crippen LogP contribution in [-0.2, 0) is 16.0 Å². The number of benzene rings is 1. The van der Waals surface area contributed by atoms with Crippen LogP contribution in [0.5, 0.6) is 5.75 Å². The number of ether oxygens (including phenoxy) is 2. The molecule has 6 nitrogen and oxygen atoms in total. The van der Waals surface area contributed by atoms with Crippen LogP contribution in [0.1, 0.15) is 5.56 Å². The van der Waals surface area contributed by atoms with E-state index >= 15 is 0 Å². The maximum absolute atomic E-state index is 12.0. The molecular weight excluding hydrogens is 318 g/mol. The van der Waals surface area contributed by atoms with Crippen LogP contribution in [0, 0.1) is 0 Å². The Balaban J connectivity index is 1.82. The molecule has 2 aromatic heterocycles. The maximum atomic E-state index is 12.0. The molecule has 0 atom stereocenters. The Morgan fingerprint density at radius 1 is 1.20 bits per heavy atom. The van der Waals surface area contributed by atoms with Gasteiger partial charge in [-0.3, -0.25) is 4.79 Å². The summed E-state index contributed by atoms with van der Waals surface area (Å²) in [6.45, 7) is 1.01. The fourth-order valence-electron chi connectivity index (χ4n) is 2.67. The molecule has 3 aromatic rings. The number of fused-ring (bicyclic) bond motifs is 1. The second kappa shape index (κ2) is 7.81. The van der Waals surface area contributed by atoms with Crippen molar-refractivity contribution in [3.8, 4) is 16.9 Å². The summed E-state index contributed by atoms with van der Waals surface area (Å²) in [7, 11) is 3.25. The number of carbonyl (C=O) groups is 1. The first-order valence-electron chi connectivity index (χ1n) is 8.07. The number of pyridine rings is 1. The highest BCUT2D eigenvalue weighted by Gasteiger charge is 2.11. The molecule has 2 heterocycles. The third-order valence-corrected chi connectivity index (χ3v) is 4.02. The van der Waals surface area contributed by atoms with E-state index in [1.807, 2.05) is 36.7 Å². The Morgan fingerprint density at radius 2 is 2.00 bits per heavy atom. The molecule has 0 spiro atoms. The predicted molar refractivity (Wildman–Crippen MR) is 96.7 cm³/mol. The van der Waals surface area contributed by atoms with Crippen LogP contribution in [0.3, 0.4) is 0 Å². The van der Waals surface area contributed by atoms with Gasteiger partial charge in [0.1, 0.15) is 11.4 Å². The van der Waals surface area contributed by atoms with Crippen molar-refractivity contribution in [1.29, 1.82) is 0 Å². The van der Waals surface area contributed by atoms with Crippen LogP contribution in [0.2, 0.25) is 0 Å². The van der Waals surface area contributed by atoms with Gasteiger partial charge in [-0.05, 0) is 29.3 Å². The molecule has 0 saturated carbocycles. The molecule has 25 heavy (non-hydrogen) atoms. The molecule has 130 valence electrons. The van der Waals surface area contributed by atoms with E-state index in [1.165, 1.54) is 0 Å². The zero-order chi connectivity index (χ0) is 17.6. The van der Waals surface area contributed by atoms with Crippen molar-refractivity contribution in [3.05, 3.63) is 48.3 Å². The summed E-state index contributed by atoms with van der Waals surface area (Å²) in [4.78, 5) is 19.6. The molecule has 0 aliphatic carbocycles. The van der Waals surface area contributed by atoms with Crippen LogP contribution in [0.4, 0.5) is 0 Å². The van der Waals surface area contributed by atoms with Gasteiger partial charge in [0.15, 0.2) is 0 Å². The van der Waals surface area contributed by atoms with Gasteiger partial charge in [0, 0.05) is 37.0 Å². The average molecular weight is 339 g/mol. The lowest BCUT2D eigenvalue weighted by molar-refractivity contribution is -0.120. The van der Waals surface area contributed by atoms with Crippen molar-refractivity contribution in [2.45, 2.75) is 6.42 Å². The number of rotatable bonds is 7. The van der Waals surface area contributed by atoms with Gasteiger partial charge in [0.2, 0.25) is 5.91 Å². The molecule has 2 N–H and O–H groups in total. The van der Waals surface area contributed by atoms with Gasteiger partial charge in [0.25, 0.3) is 0 Å². The van der Waals surface area contributed by atoms with E-state index in [0.717, 1.165) is 33.5 Å². The molecule has 3 rings (SSSR count). The lowest BCUT2D eigenvalue weighted by atomic mass is 10.0. The third kappa shape index (κ3) is 3.97. The lowest BCUT2D eigenvalue weighted by Gasteiger charge is -2.06. The number of hydrogen-bond donors (Lipinski definition) is 2. The highest BCUT2D eigenvalue weighted by atomic mass is 16.5. The largest absolute Gasteiger partial charge is 0.497 e. The Bertz CT molecular complexity index is 856. The smallest absolute Gasteiger partial charge is 0.224 e. The highest BCUT2D eigenvalue weighted by Crippen LogP contribution is 2.26. The SMILES string of the molecule is COCCNC(=O)Cc1c[nH]c2ncc(-c3ccc(OC)cc3)cc12. The first-order chi connectivity index (χ1) is 12.2. The Kier molecular flexibility index (Phi) is 5.30. The number of methoxy groups -OCH3 is 2. The summed E-state index contributed by atoms with van der Waals surface area (Å²) >= 11 is 0. The Hall–Kier alpha value is -2.86. The van der Waals surface area contributed by atoms with Crippen LogP contribution in [0.15, 0.2) is 42.7 Å². The molecule has 0 aliphatic heterocycles. The molecule has 6 heteroatoms. The van der Waals surface area contributed by atoms with Crippen molar-refractivity contribution in [2.75, 3.05) is 27.4 Å². The van der Waals surface area contributed by atoms with E-state index in [2.05, 4.69) is 21.4 Å². The third-order valence-electron chi connectivity index (χ3n) is 4.02. The fraction of sp³-hybridized carbons (Fsp3) is 0.263. The van der Waals surface area contributed by atoms with Crippen LogP contribution in [-0.4, -0.2) is 43.2 Å². The number of amides is 1. The van der Waals surface area contributed by atoms with E-state index < -0.39 is 0 Å². The topological polar surface area (TPSA) is 76.2 Å². The van der Waals surface area contributed by atoms with Gasteiger partial charge in [-0.2, -0.15) is 0 Å². The van der Waals surface area contributed by atoms with Gasteiger partial charge in [-0.25, -0.2) is 4.98 Å². The van der Waals surface area contributed by atoms with Crippen molar-refractivity contribution >= 4 is 16.9 Å². The number of nitrogens with one attached hydrogen (secondary N) is 2. The molecule has 0 bridgehead atoms. The van der Waals surface area contributed by atoms with E-state index in [-0.39, 0.29) is 5.91 Å². The Labute approximate surface area is 146 Å². The second-order valence-electron chi connectivity index (χ2n) is 5.68. The molecular formula is C19H21N3O3. The number of aromatic nitrogens is 2.